The highest BCUT2D eigenvalue weighted by atomic mass is 16.5. The van der Waals surface area contributed by atoms with Crippen molar-refractivity contribution in [2.45, 2.75) is 63.1 Å². The van der Waals surface area contributed by atoms with Gasteiger partial charge in [-0.3, -0.25) is 14.5 Å². The number of imide groups is 1. The Morgan fingerprint density at radius 3 is 2.46 bits per heavy atom. The minimum absolute atomic E-state index is 0.198. The first-order valence-corrected chi connectivity index (χ1v) is 10.4. The van der Waals surface area contributed by atoms with E-state index in [4.69, 9.17) is 9.73 Å². The van der Waals surface area contributed by atoms with Crippen LogP contribution in [-0.4, -0.2) is 83.8 Å². The van der Waals surface area contributed by atoms with Gasteiger partial charge < -0.3 is 14.5 Å². The molecule has 1 saturated carbocycles. The summed E-state index contributed by atoms with van der Waals surface area (Å²) in [5.41, 5.74) is -1.18. The Bertz CT molecular complexity index is 732. The fourth-order valence-electron chi connectivity index (χ4n) is 5.87. The highest BCUT2D eigenvalue weighted by Crippen LogP contribution is 2.53. The number of esters is 1. The van der Waals surface area contributed by atoms with Gasteiger partial charge in [0.2, 0.25) is 11.8 Å². The van der Waals surface area contributed by atoms with E-state index in [1.807, 2.05) is 23.8 Å². The van der Waals surface area contributed by atoms with Crippen LogP contribution in [0.4, 0.5) is 0 Å². The Balaban J connectivity index is 1.83. The van der Waals surface area contributed by atoms with Crippen LogP contribution in [0.15, 0.2) is 4.99 Å². The molecule has 4 atom stereocenters. The summed E-state index contributed by atoms with van der Waals surface area (Å²) >= 11 is 0. The molecule has 8 nitrogen and oxygen atoms in total. The molecule has 0 aromatic carbocycles. The lowest BCUT2D eigenvalue weighted by Crippen LogP contribution is -2.60. The second-order valence-electron chi connectivity index (χ2n) is 8.55. The molecular formula is C20H30N4O4. The van der Waals surface area contributed by atoms with E-state index < -0.39 is 23.3 Å². The molecule has 3 heterocycles. The van der Waals surface area contributed by atoms with Crippen LogP contribution in [0, 0.1) is 11.8 Å². The topological polar surface area (TPSA) is 82.5 Å². The molecule has 0 radical (unpaired) electrons. The second-order valence-corrected chi connectivity index (χ2v) is 8.55. The zero-order valence-electron chi connectivity index (χ0n) is 17.2. The van der Waals surface area contributed by atoms with Gasteiger partial charge in [0.25, 0.3) is 0 Å². The molecule has 3 aliphatic heterocycles. The normalized spacial score (nSPS) is 37.1. The number of guanidine groups is 1. The average molecular weight is 390 g/mol. The minimum atomic E-state index is -1.18. The molecule has 2 amide bonds. The Labute approximate surface area is 165 Å². The highest BCUT2D eigenvalue weighted by molar-refractivity contribution is 6.11. The minimum Gasteiger partial charge on any atom is -0.467 e. The first-order valence-electron chi connectivity index (χ1n) is 10.4. The molecular weight excluding hydrogens is 360 g/mol. The Hall–Kier alpha value is -2.12. The molecule has 4 rings (SSSR count). The number of ether oxygens (including phenoxy) is 1. The van der Waals surface area contributed by atoms with Crippen LogP contribution in [0.25, 0.3) is 0 Å². The van der Waals surface area contributed by atoms with Crippen molar-refractivity contribution in [3.63, 3.8) is 0 Å². The molecule has 0 bridgehead atoms. The van der Waals surface area contributed by atoms with Gasteiger partial charge in [-0.05, 0) is 19.3 Å². The van der Waals surface area contributed by atoms with Gasteiger partial charge in [0, 0.05) is 20.6 Å². The summed E-state index contributed by atoms with van der Waals surface area (Å²) in [6.45, 7) is 2.47. The lowest BCUT2D eigenvalue weighted by atomic mass is 9.78. The SMILES string of the molecule is CC[C@]1(C(=O)OC)[C@H]2C(=O)N(C)C(=O)[C@H]2[C@H]2CN(C)C(=NC3CCCCC3)N21. The smallest absolute Gasteiger partial charge is 0.332 e. The maximum Gasteiger partial charge on any atom is 0.332 e. The van der Waals surface area contributed by atoms with Crippen LogP contribution in [0.1, 0.15) is 45.4 Å². The van der Waals surface area contributed by atoms with E-state index in [0.717, 1.165) is 31.6 Å². The predicted octanol–water partition coefficient (Wildman–Crippen LogP) is 0.858. The Morgan fingerprint density at radius 2 is 1.86 bits per heavy atom. The number of nitrogens with zero attached hydrogens (tertiary/aromatic N) is 4. The number of likely N-dealkylation sites (tertiary alicyclic amines) is 1. The molecule has 8 heteroatoms. The summed E-state index contributed by atoms with van der Waals surface area (Å²) in [5, 5.41) is 0. The maximum absolute atomic E-state index is 13.1. The van der Waals surface area contributed by atoms with E-state index >= 15 is 0 Å². The molecule has 0 spiro atoms. The number of aliphatic imine (C=N–C) groups is 1. The number of rotatable bonds is 3. The summed E-state index contributed by atoms with van der Waals surface area (Å²) < 4.78 is 5.20. The third-order valence-electron chi connectivity index (χ3n) is 7.23. The molecule has 1 aliphatic carbocycles. The van der Waals surface area contributed by atoms with Crippen molar-refractivity contribution in [2.75, 3.05) is 27.7 Å². The summed E-state index contributed by atoms with van der Waals surface area (Å²) in [6, 6.07) is -0.00976. The van der Waals surface area contributed by atoms with Crippen molar-refractivity contribution in [1.29, 1.82) is 0 Å². The van der Waals surface area contributed by atoms with Gasteiger partial charge in [0.15, 0.2) is 11.5 Å². The second kappa shape index (κ2) is 6.74. The third kappa shape index (κ3) is 2.35. The summed E-state index contributed by atoms with van der Waals surface area (Å²) in [5.74, 6) is -1.43. The summed E-state index contributed by atoms with van der Waals surface area (Å²) in [4.78, 5) is 49.3. The fourth-order valence-corrected chi connectivity index (χ4v) is 5.87. The molecule has 154 valence electrons. The monoisotopic (exact) mass is 390 g/mol. The third-order valence-corrected chi connectivity index (χ3v) is 7.23. The highest BCUT2D eigenvalue weighted by Gasteiger charge is 2.73. The van der Waals surface area contributed by atoms with Crippen LogP contribution in [0.2, 0.25) is 0 Å². The quantitative estimate of drug-likeness (QED) is 0.525. The first-order chi connectivity index (χ1) is 13.4. The van der Waals surface area contributed by atoms with Gasteiger partial charge in [0.05, 0.1) is 31.0 Å². The number of carbonyl (C=O) groups is 3. The van der Waals surface area contributed by atoms with E-state index in [2.05, 4.69) is 0 Å². The molecule has 0 aromatic heterocycles. The number of hydrogen-bond acceptors (Lipinski definition) is 5. The van der Waals surface area contributed by atoms with Gasteiger partial charge in [-0.1, -0.05) is 26.2 Å². The molecule has 4 aliphatic rings. The number of amides is 2. The maximum atomic E-state index is 13.1. The van der Waals surface area contributed by atoms with E-state index in [0.29, 0.717) is 13.0 Å². The van der Waals surface area contributed by atoms with Gasteiger partial charge in [-0.25, -0.2) is 9.79 Å². The van der Waals surface area contributed by atoms with Crippen molar-refractivity contribution < 1.29 is 19.1 Å². The summed E-state index contributed by atoms with van der Waals surface area (Å²) in [7, 11) is 4.82. The van der Waals surface area contributed by atoms with E-state index in [1.165, 1.54) is 25.5 Å². The predicted molar refractivity (Wildman–Crippen MR) is 102 cm³/mol. The van der Waals surface area contributed by atoms with Crippen LogP contribution in [-0.2, 0) is 19.1 Å². The van der Waals surface area contributed by atoms with Crippen LogP contribution in [0.5, 0.6) is 0 Å². The zero-order valence-corrected chi connectivity index (χ0v) is 17.2. The lowest BCUT2D eigenvalue weighted by molar-refractivity contribution is -0.158. The van der Waals surface area contributed by atoms with E-state index in [9.17, 15) is 14.4 Å². The number of carbonyl (C=O) groups excluding carboxylic acids is 3. The molecule has 0 N–H and O–H groups in total. The van der Waals surface area contributed by atoms with Crippen molar-refractivity contribution in [3.8, 4) is 0 Å². The largest absolute Gasteiger partial charge is 0.467 e. The standard InChI is InChI=1S/C20H30N4O4/c1-5-20(18(27)28-4)15-14(16(25)23(3)17(15)26)13-11-22(2)19(24(13)20)21-12-9-7-6-8-10-12/h12-15H,5-11H2,1-4H3/t13-,14+,15-,20-/m1/s1. The zero-order chi connectivity index (χ0) is 20.2. The number of methoxy groups -OCH3 is 1. The van der Waals surface area contributed by atoms with Gasteiger partial charge in [-0.15, -0.1) is 0 Å². The van der Waals surface area contributed by atoms with Crippen LogP contribution >= 0.6 is 0 Å². The Morgan fingerprint density at radius 1 is 1.18 bits per heavy atom. The van der Waals surface area contributed by atoms with Crippen molar-refractivity contribution >= 4 is 23.7 Å². The van der Waals surface area contributed by atoms with Crippen molar-refractivity contribution in [3.05, 3.63) is 0 Å². The average Bonchev–Trinajstić information content (AvgIpc) is 3.25. The number of hydrogen-bond donors (Lipinski definition) is 0. The van der Waals surface area contributed by atoms with E-state index in [1.54, 1.807) is 0 Å². The van der Waals surface area contributed by atoms with Crippen molar-refractivity contribution in [2.24, 2.45) is 16.8 Å². The van der Waals surface area contributed by atoms with Gasteiger partial charge in [0.1, 0.15) is 0 Å². The van der Waals surface area contributed by atoms with Gasteiger partial charge >= 0.3 is 5.97 Å². The molecule has 28 heavy (non-hydrogen) atoms. The first kappa shape index (κ1) is 19.2. The Kier molecular flexibility index (Phi) is 4.62. The number of fused-ring (bicyclic) bond motifs is 3. The molecule has 0 unspecified atom stereocenters. The number of likely N-dealkylation sites (N-methyl/N-ethyl adjacent to an activating group) is 1. The molecule has 3 saturated heterocycles. The molecule has 4 fully saturated rings. The van der Waals surface area contributed by atoms with Crippen LogP contribution in [0.3, 0.4) is 0 Å². The molecule has 0 aromatic rings. The van der Waals surface area contributed by atoms with Gasteiger partial charge in [-0.2, -0.15) is 0 Å². The fraction of sp³-hybridized carbons (Fsp3) is 0.800. The van der Waals surface area contributed by atoms with Crippen LogP contribution < -0.4 is 0 Å². The van der Waals surface area contributed by atoms with Crippen molar-refractivity contribution in [1.82, 2.24) is 14.7 Å². The lowest BCUT2D eigenvalue weighted by Gasteiger charge is -2.39. The summed E-state index contributed by atoms with van der Waals surface area (Å²) in [6.07, 6.45) is 6.04. The van der Waals surface area contributed by atoms with E-state index in [-0.39, 0.29) is 23.9 Å².